The van der Waals surface area contributed by atoms with Crippen LogP contribution in [0.4, 0.5) is 11.5 Å². The molecule has 0 spiro atoms. The smallest absolute Gasteiger partial charge is 0.354 e. The molecule has 0 aliphatic heterocycles. The number of carboxylic acid groups (broad SMARTS) is 1. The van der Waals surface area contributed by atoms with E-state index in [0.29, 0.717) is 5.82 Å². The molecular formula is C13H11BrN2O2. The number of halogens is 1. The molecule has 0 aliphatic rings. The number of aromatic nitrogens is 1. The number of anilines is 2. The van der Waals surface area contributed by atoms with Crippen molar-refractivity contribution in [2.45, 2.75) is 6.92 Å². The third-order valence-electron chi connectivity index (χ3n) is 2.41. The highest BCUT2D eigenvalue weighted by Crippen LogP contribution is 2.22. The van der Waals surface area contributed by atoms with Crippen LogP contribution in [0.1, 0.15) is 16.1 Å². The number of carbonyl (C=O) groups is 1. The van der Waals surface area contributed by atoms with Gasteiger partial charge in [0.05, 0.1) is 0 Å². The highest BCUT2D eigenvalue weighted by atomic mass is 79.9. The number of hydrogen-bond donors (Lipinski definition) is 2. The summed E-state index contributed by atoms with van der Waals surface area (Å²) in [5.74, 6) is -0.533. The number of hydrogen-bond acceptors (Lipinski definition) is 3. The highest BCUT2D eigenvalue weighted by molar-refractivity contribution is 9.10. The average molecular weight is 307 g/mol. The van der Waals surface area contributed by atoms with Gasteiger partial charge in [-0.2, -0.15) is 0 Å². The van der Waals surface area contributed by atoms with Crippen LogP contribution >= 0.6 is 15.9 Å². The van der Waals surface area contributed by atoms with E-state index in [4.69, 9.17) is 5.11 Å². The zero-order valence-corrected chi connectivity index (χ0v) is 11.2. The van der Waals surface area contributed by atoms with Crippen LogP contribution in [-0.2, 0) is 0 Å². The Morgan fingerprint density at radius 2 is 2.11 bits per heavy atom. The van der Waals surface area contributed by atoms with Crippen molar-refractivity contribution in [3.63, 3.8) is 0 Å². The normalized spacial score (nSPS) is 10.1. The van der Waals surface area contributed by atoms with Crippen molar-refractivity contribution in [1.29, 1.82) is 0 Å². The van der Waals surface area contributed by atoms with Gasteiger partial charge in [-0.25, -0.2) is 9.78 Å². The first-order valence-corrected chi connectivity index (χ1v) is 6.09. The molecule has 0 radical (unpaired) electrons. The van der Waals surface area contributed by atoms with E-state index in [0.717, 1.165) is 15.7 Å². The third kappa shape index (κ3) is 2.87. The minimum absolute atomic E-state index is 0.0196. The largest absolute Gasteiger partial charge is 0.477 e. The molecular weight excluding hydrogens is 296 g/mol. The van der Waals surface area contributed by atoms with Crippen LogP contribution in [0.5, 0.6) is 0 Å². The average Bonchev–Trinajstić information content (AvgIpc) is 2.34. The second-order valence-electron chi connectivity index (χ2n) is 3.80. The van der Waals surface area contributed by atoms with E-state index in [1.165, 1.54) is 6.07 Å². The van der Waals surface area contributed by atoms with E-state index in [1.54, 1.807) is 12.1 Å². The van der Waals surface area contributed by atoms with Crippen LogP contribution in [0.3, 0.4) is 0 Å². The van der Waals surface area contributed by atoms with Gasteiger partial charge < -0.3 is 10.4 Å². The van der Waals surface area contributed by atoms with Crippen molar-refractivity contribution in [3.05, 3.63) is 52.1 Å². The lowest BCUT2D eigenvalue weighted by Gasteiger charge is -2.07. The Morgan fingerprint density at radius 1 is 1.33 bits per heavy atom. The summed E-state index contributed by atoms with van der Waals surface area (Å²) in [4.78, 5) is 14.8. The summed E-state index contributed by atoms with van der Waals surface area (Å²) in [6.07, 6.45) is 0. The zero-order valence-electron chi connectivity index (χ0n) is 9.64. The minimum atomic E-state index is -1.04. The van der Waals surface area contributed by atoms with Gasteiger partial charge in [0.15, 0.2) is 5.69 Å². The van der Waals surface area contributed by atoms with E-state index in [2.05, 4.69) is 26.2 Å². The maximum absolute atomic E-state index is 10.8. The molecule has 18 heavy (non-hydrogen) atoms. The van der Waals surface area contributed by atoms with Crippen molar-refractivity contribution in [2.75, 3.05) is 5.32 Å². The predicted octanol–water partition coefficient (Wildman–Crippen LogP) is 3.59. The van der Waals surface area contributed by atoms with Crippen molar-refractivity contribution < 1.29 is 9.90 Å². The Bertz CT molecular complexity index is 599. The zero-order chi connectivity index (χ0) is 13.1. The molecule has 1 aromatic carbocycles. The van der Waals surface area contributed by atoms with E-state index in [-0.39, 0.29) is 5.69 Å². The topological polar surface area (TPSA) is 62.2 Å². The summed E-state index contributed by atoms with van der Waals surface area (Å²) in [6.45, 7) is 2.00. The third-order valence-corrected chi connectivity index (χ3v) is 3.27. The number of nitrogens with one attached hydrogen (secondary N) is 1. The first kappa shape index (κ1) is 12.6. The Kier molecular flexibility index (Phi) is 3.62. The molecule has 4 nitrogen and oxygen atoms in total. The number of carboxylic acids is 1. The molecule has 2 rings (SSSR count). The summed E-state index contributed by atoms with van der Waals surface area (Å²) in [5, 5.41) is 11.9. The van der Waals surface area contributed by atoms with Gasteiger partial charge in [0.1, 0.15) is 5.82 Å². The highest BCUT2D eigenvalue weighted by Gasteiger charge is 2.05. The van der Waals surface area contributed by atoms with Gasteiger partial charge in [-0.1, -0.05) is 28.1 Å². The lowest BCUT2D eigenvalue weighted by molar-refractivity contribution is 0.0690. The van der Waals surface area contributed by atoms with Gasteiger partial charge in [-0.3, -0.25) is 0 Å². The molecule has 0 unspecified atom stereocenters. The second kappa shape index (κ2) is 5.18. The number of rotatable bonds is 3. The van der Waals surface area contributed by atoms with Gasteiger partial charge in [0.25, 0.3) is 0 Å². The Hall–Kier alpha value is -1.88. The first-order valence-electron chi connectivity index (χ1n) is 5.30. The van der Waals surface area contributed by atoms with E-state index in [1.807, 2.05) is 25.1 Å². The number of aryl methyl sites for hydroxylation is 1. The van der Waals surface area contributed by atoms with Crippen LogP contribution in [-0.4, -0.2) is 16.1 Å². The van der Waals surface area contributed by atoms with Crippen molar-refractivity contribution in [1.82, 2.24) is 4.98 Å². The van der Waals surface area contributed by atoms with E-state index < -0.39 is 5.97 Å². The molecule has 1 aromatic heterocycles. The molecule has 0 bridgehead atoms. The van der Waals surface area contributed by atoms with Crippen LogP contribution < -0.4 is 5.32 Å². The van der Waals surface area contributed by atoms with Crippen LogP contribution in [0, 0.1) is 6.92 Å². The standard InChI is InChI=1S/C13H11BrN2O2/c1-8-5-6-9(7-10(8)14)15-12-4-2-3-11(16-12)13(17)18/h2-7H,1H3,(H,15,16)(H,17,18). The quantitative estimate of drug-likeness (QED) is 0.909. The number of aromatic carboxylic acids is 1. The Morgan fingerprint density at radius 3 is 2.78 bits per heavy atom. The molecule has 0 saturated heterocycles. The van der Waals surface area contributed by atoms with Crippen LogP contribution in [0.15, 0.2) is 40.9 Å². The molecule has 0 saturated carbocycles. The second-order valence-corrected chi connectivity index (χ2v) is 4.66. The fourth-order valence-corrected chi connectivity index (χ4v) is 1.82. The molecule has 2 N–H and O–H groups in total. The molecule has 0 atom stereocenters. The minimum Gasteiger partial charge on any atom is -0.477 e. The predicted molar refractivity (Wildman–Crippen MR) is 73.4 cm³/mol. The summed E-state index contributed by atoms with van der Waals surface area (Å²) in [7, 11) is 0. The SMILES string of the molecule is Cc1ccc(Nc2cccc(C(=O)O)n2)cc1Br. The summed E-state index contributed by atoms with van der Waals surface area (Å²) in [5.41, 5.74) is 2.00. The molecule has 5 heteroatoms. The maximum atomic E-state index is 10.8. The van der Waals surface area contributed by atoms with Gasteiger partial charge in [-0.05, 0) is 36.8 Å². The summed E-state index contributed by atoms with van der Waals surface area (Å²) >= 11 is 3.44. The van der Waals surface area contributed by atoms with Gasteiger partial charge >= 0.3 is 5.97 Å². The fraction of sp³-hybridized carbons (Fsp3) is 0.0769. The first-order chi connectivity index (χ1) is 8.56. The van der Waals surface area contributed by atoms with Crippen LogP contribution in [0.2, 0.25) is 0 Å². The number of pyridine rings is 1. The van der Waals surface area contributed by atoms with Gasteiger partial charge in [-0.15, -0.1) is 0 Å². The van der Waals surface area contributed by atoms with Crippen molar-refractivity contribution in [2.24, 2.45) is 0 Å². The molecule has 0 fully saturated rings. The lowest BCUT2D eigenvalue weighted by Crippen LogP contribution is -2.02. The number of nitrogens with zero attached hydrogens (tertiary/aromatic N) is 1. The van der Waals surface area contributed by atoms with Gasteiger partial charge in [0, 0.05) is 10.2 Å². The molecule has 2 aromatic rings. The van der Waals surface area contributed by atoms with E-state index >= 15 is 0 Å². The van der Waals surface area contributed by atoms with Crippen molar-refractivity contribution in [3.8, 4) is 0 Å². The summed E-state index contributed by atoms with van der Waals surface area (Å²) in [6, 6.07) is 10.6. The number of benzene rings is 1. The summed E-state index contributed by atoms with van der Waals surface area (Å²) < 4.78 is 0.988. The Labute approximate surface area is 113 Å². The van der Waals surface area contributed by atoms with Crippen molar-refractivity contribution >= 4 is 33.4 Å². The molecule has 92 valence electrons. The Balaban J connectivity index is 2.25. The molecule has 0 amide bonds. The van der Waals surface area contributed by atoms with E-state index in [9.17, 15) is 4.79 Å². The van der Waals surface area contributed by atoms with Crippen LogP contribution in [0.25, 0.3) is 0 Å². The molecule has 1 heterocycles. The van der Waals surface area contributed by atoms with Gasteiger partial charge in [0.2, 0.25) is 0 Å². The molecule has 0 aliphatic carbocycles. The monoisotopic (exact) mass is 306 g/mol. The maximum Gasteiger partial charge on any atom is 0.354 e. The lowest BCUT2D eigenvalue weighted by atomic mass is 10.2. The fourth-order valence-electron chi connectivity index (χ4n) is 1.44.